The molecule has 0 aliphatic rings. The molecule has 2 N–H and O–H groups in total. The number of hydrogen-bond acceptors (Lipinski definition) is 4. The Morgan fingerprint density at radius 2 is 1.61 bits per heavy atom. The molecule has 5 nitrogen and oxygen atoms in total. The summed E-state index contributed by atoms with van der Waals surface area (Å²) in [5.41, 5.74) is 3.32. The molecule has 0 aliphatic heterocycles. The summed E-state index contributed by atoms with van der Waals surface area (Å²) >= 11 is 0. The number of amides is 1. The molecule has 5 heteroatoms. The van der Waals surface area contributed by atoms with Crippen molar-refractivity contribution in [2.45, 2.75) is 26.2 Å². The van der Waals surface area contributed by atoms with Gasteiger partial charge in [-0.25, -0.2) is 4.98 Å². The van der Waals surface area contributed by atoms with Gasteiger partial charge in [0, 0.05) is 11.9 Å². The van der Waals surface area contributed by atoms with Crippen LogP contribution in [0.25, 0.3) is 0 Å². The van der Waals surface area contributed by atoms with Gasteiger partial charge in [-0.3, -0.25) is 4.79 Å². The highest BCUT2D eigenvalue weighted by molar-refractivity contribution is 6.04. The minimum Gasteiger partial charge on any atom is -0.495 e. The number of methoxy groups -OCH3 is 1. The van der Waals surface area contributed by atoms with Crippen LogP contribution < -0.4 is 15.4 Å². The SMILES string of the molecule is COc1ccccc1NC(=O)c1ccc(Nc2ccccc2C(C)(C)C)nc1. The van der Waals surface area contributed by atoms with Gasteiger partial charge < -0.3 is 15.4 Å². The van der Waals surface area contributed by atoms with Crippen LogP contribution in [-0.4, -0.2) is 18.0 Å². The van der Waals surface area contributed by atoms with Crippen LogP contribution in [0.15, 0.2) is 66.9 Å². The molecule has 2 aromatic carbocycles. The third kappa shape index (κ3) is 4.49. The molecule has 0 saturated carbocycles. The van der Waals surface area contributed by atoms with Crippen LogP contribution in [0, 0.1) is 0 Å². The fraction of sp³-hybridized carbons (Fsp3) is 0.217. The molecule has 0 spiro atoms. The molecular formula is C23H25N3O2. The maximum atomic E-state index is 12.5. The Hall–Kier alpha value is -3.34. The zero-order valence-electron chi connectivity index (χ0n) is 16.6. The predicted molar refractivity (Wildman–Crippen MR) is 114 cm³/mol. The summed E-state index contributed by atoms with van der Waals surface area (Å²) in [4.78, 5) is 16.9. The van der Waals surface area contributed by atoms with Gasteiger partial charge >= 0.3 is 0 Å². The first-order valence-electron chi connectivity index (χ1n) is 9.15. The Morgan fingerprint density at radius 1 is 0.929 bits per heavy atom. The predicted octanol–water partition coefficient (Wildman–Crippen LogP) is 5.38. The number of benzene rings is 2. The summed E-state index contributed by atoms with van der Waals surface area (Å²) < 4.78 is 5.27. The monoisotopic (exact) mass is 375 g/mol. The zero-order valence-corrected chi connectivity index (χ0v) is 16.6. The molecule has 1 heterocycles. The summed E-state index contributed by atoms with van der Waals surface area (Å²) in [6.07, 6.45) is 1.56. The van der Waals surface area contributed by atoms with E-state index in [-0.39, 0.29) is 11.3 Å². The Bertz CT molecular complexity index is 960. The molecule has 0 atom stereocenters. The molecule has 0 radical (unpaired) electrons. The van der Waals surface area contributed by atoms with Crippen molar-refractivity contribution in [2.75, 3.05) is 17.7 Å². The Morgan fingerprint density at radius 3 is 2.25 bits per heavy atom. The number of rotatable bonds is 5. The largest absolute Gasteiger partial charge is 0.495 e. The van der Waals surface area contributed by atoms with E-state index >= 15 is 0 Å². The van der Waals surface area contributed by atoms with Crippen molar-refractivity contribution in [1.82, 2.24) is 4.98 Å². The van der Waals surface area contributed by atoms with Crippen molar-refractivity contribution in [1.29, 1.82) is 0 Å². The lowest BCUT2D eigenvalue weighted by Gasteiger charge is -2.23. The first-order valence-corrected chi connectivity index (χ1v) is 9.15. The highest BCUT2D eigenvalue weighted by Gasteiger charge is 2.17. The molecule has 3 aromatic rings. The van der Waals surface area contributed by atoms with Gasteiger partial charge in [-0.05, 0) is 41.3 Å². The first-order chi connectivity index (χ1) is 13.4. The number of nitrogens with zero attached hydrogens (tertiary/aromatic N) is 1. The fourth-order valence-corrected chi connectivity index (χ4v) is 2.93. The molecule has 1 amide bonds. The lowest BCUT2D eigenvalue weighted by Crippen LogP contribution is -2.14. The lowest BCUT2D eigenvalue weighted by atomic mass is 9.86. The summed E-state index contributed by atoms with van der Waals surface area (Å²) in [7, 11) is 1.57. The van der Waals surface area contributed by atoms with Crippen LogP contribution in [0.2, 0.25) is 0 Å². The normalized spacial score (nSPS) is 11.0. The molecule has 3 rings (SSSR count). The Kier molecular flexibility index (Phi) is 5.64. The topological polar surface area (TPSA) is 63.2 Å². The number of nitrogens with one attached hydrogen (secondary N) is 2. The number of para-hydroxylation sites is 3. The maximum Gasteiger partial charge on any atom is 0.257 e. The van der Waals surface area contributed by atoms with Gasteiger partial charge in [0.1, 0.15) is 11.6 Å². The van der Waals surface area contributed by atoms with Crippen molar-refractivity contribution in [3.05, 3.63) is 78.0 Å². The van der Waals surface area contributed by atoms with Gasteiger partial charge in [0.05, 0.1) is 18.4 Å². The van der Waals surface area contributed by atoms with Gasteiger partial charge in [-0.1, -0.05) is 51.1 Å². The molecule has 1 aromatic heterocycles. The number of hydrogen-bond donors (Lipinski definition) is 2. The molecule has 0 aliphatic carbocycles. The van der Waals surface area contributed by atoms with Crippen LogP contribution in [0.1, 0.15) is 36.7 Å². The smallest absolute Gasteiger partial charge is 0.257 e. The number of ether oxygens (including phenoxy) is 1. The van der Waals surface area contributed by atoms with Crippen LogP contribution in [0.4, 0.5) is 17.2 Å². The molecule has 0 saturated heterocycles. The van der Waals surface area contributed by atoms with Crippen molar-refractivity contribution >= 4 is 23.1 Å². The highest BCUT2D eigenvalue weighted by atomic mass is 16.5. The van der Waals surface area contributed by atoms with E-state index < -0.39 is 0 Å². The van der Waals surface area contributed by atoms with E-state index in [1.165, 1.54) is 5.56 Å². The van der Waals surface area contributed by atoms with Gasteiger partial charge in [0.2, 0.25) is 0 Å². The van der Waals surface area contributed by atoms with Gasteiger partial charge in [0.25, 0.3) is 5.91 Å². The van der Waals surface area contributed by atoms with E-state index in [9.17, 15) is 4.79 Å². The van der Waals surface area contributed by atoms with E-state index in [4.69, 9.17) is 4.74 Å². The van der Waals surface area contributed by atoms with E-state index in [0.717, 1.165) is 5.69 Å². The second kappa shape index (κ2) is 8.13. The van der Waals surface area contributed by atoms with Crippen molar-refractivity contribution in [2.24, 2.45) is 0 Å². The van der Waals surface area contributed by atoms with Gasteiger partial charge in [-0.2, -0.15) is 0 Å². The number of pyridine rings is 1. The van der Waals surface area contributed by atoms with Crippen LogP contribution in [0.3, 0.4) is 0 Å². The third-order valence-electron chi connectivity index (χ3n) is 4.38. The average Bonchev–Trinajstić information content (AvgIpc) is 2.68. The quantitative estimate of drug-likeness (QED) is 0.628. The minimum atomic E-state index is -0.237. The molecular weight excluding hydrogens is 350 g/mol. The number of aromatic nitrogens is 1. The molecule has 0 fully saturated rings. The van der Waals surface area contributed by atoms with E-state index in [1.807, 2.05) is 30.3 Å². The van der Waals surface area contributed by atoms with Crippen molar-refractivity contribution in [3.63, 3.8) is 0 Å². The van der Waals surface area contributed by atoms with Gasteiger partial charge in [-0.15, -0.1) is 0 Å². The van der Waals surface area contributed by atoms with Gasteiger partial charge in [0.15, 0.2) is 0 Å². The van der Waals surface area contributed by atoms with Crippen molar-refractivity contribution < 1.29 is 9.53 Å². The van der Waals surface area contributed by atoms with Crippen molar-refractivity contribution in [3.8, 4) is 5.75 Å². The average molecular weight is 375 g/mol. The minimum absolute atomic E-state index is 0.0121. The maximum absolute atomic E-state index is 12.5. The van der Waals surface area contributed by atoms with Crippen LogP contribution in [-0.2, 0) is 5.41 Å². The summed E-state index contributed by atoms with van der Waals surface area (Å²) in [6, 6.07) is 19.0. The van der Waals surface area contributed by atoms with Crippen LogP contribution >= 0.6 is 0 Å². The summed E-state index contributed by atoms with van der Waals surface area (Å²) in [5, 5.41) is 6.20. The van der Waals surface area contributed by atoms with E-state index in [1.54, 1.807) is 37.6 Å². The number of carbonyl (C=O) groups is 1. The Balaban J connectivity index is 1.75. The molecule has 144 valence electrons. The van der Waals surface area contributed by atoms with E-state index in [0.29, 0.717) is 22.8 Å². The summed E-state index contributed by atoms with van der Waals surface area (Å²) in [5.74, 6) is 1.06. The second-order valence-electron chi connectivity index (χ2n) is 7.51. The molecule has 28 heavy (non-hydrogen) atoms. The third-order valence-corrected chi connectivity index (χ3v) is 4.38. The first kappa shape index (κ1) is 19.4. The lowest BCUT2D eigenvalue weighted by molar-refractivity contribution is 0.102. The molecule has 0 bridgehead atoms. The second-order valence-corrected chi connectivity index (χ2v) is 7.51. The molecule has 0 unspecified atom stereocenters. The van der Waals surface area contributed by atoms with Crippen LogP contribution in [0.5, 0.6) is 5.75 Å². The standard InChI is InChI=1S/C23H25N3O2/c1-23(2,3)17-9-5-6-10-18(17)25-21-14-13-16(15-24-21)22(27)26-19-11-7-8-12-20(19)28-4/h5-15H,1-4H3,(H,24,25)(H,26,27). The fourth-order valence-electron chi connectivity index (χ4n) is 2.93. The number of anilines is 3. The number of carbonyl (C=O) groups excluding carboxylic acids is 1. The zero-order chi connectivity index (χ0) is 20.1. The highest BCUT2D eigenvalue weighted by Crippen LogP contribution is 2.31. The van der Waals surface area contributed by atoms with E-state index in [2.05, 4.69) is 42.5 Å². The Labute approximate surface area is 165 Å². The summed E-state index contributed by atoms with van der Waals surface area (Å²) in [6.45, 7) is 6.52.